The second kappa shape index (κ2) is 17.3. The van der Waals surface area contributed by atoms with Gasteiger partial charge in [0.2, 0.25) is 0 Å². The molecule has 11 heteroatoms. The van der Waals surface area contributed by atoms with Crippen LogP contribution in [0.2, 0.25) is 0 Å². The number of urea groups is 1. The molecule has 1 aliphatic heterocycles. The fourth-order valence-corrected chi connectivity index (χ4v) is 6.05. The molecule has 1 aromatic heterocycles. The van der Waals surface area contributed by atoms with E-state index in [1.54, 1.807) is 66.5 Å². The first-order valence-corrected chi connectivity index (χ1v) is 16.7. The second-order valence-electron chi connectivity index (χ2n) is 12.9. The molecule has 0 bridgehead atoms. The molecule has 4 amide bonds. The van der Waals surface area contributed by atoms with Crippen LogP contribution in [0.5, 0.6) is 5.75 Å². The number of ether oxygens (including phenoxy) is 2. The van der Waals surface area contributed by atoms with Gasteiger partial charge in [0, 0.05) is 62.3 Å². The number of carbonyl (C=O) groups is 3. The van der Waals surface area contributed by atoms with Crippen molar-refractivity contribution < 1.29 is 29.0 Å². The Bertz CT molecular complexity index is 1290. The molecule has 0 unspecified atom stereocenters. The topological polar surface area (TPSA) is 133 Å². The third-order valence-corrected chi connectivity index (χ3v) is 8.99. The van der Waals surface area contributed by atoms with Crippen LogP contribution in [0.4, 0.5) is 10.5 Å². The van der Waals surface area contributed by atoms with Gasteiger partial charge in [0.1, 0.15) is 5.75 Å². The number of nitrogens with one attached hydrogen (secondary N) is 2. The minimum atomic E-state index is -0.504. The molecule has 1 aromatic carbocycles. The van der Waals surface area contributed by atoms with E-state index in [1.807, 2.05) is 13.8 Å². The average Bonchev–Trinajstić information content (AvgIpc) is 3.06. The number of pyridine rings is 1. The van der Waals surface area contributed by atoms with Crippen LogP contribution < -0.4 is 15.4 Å². The van der Waals surface area contributed by atoms with Crippen molar-refractivity contribution in [3.63, 3.8) is 0 Å². The normalized spacial score (nSPS) is 22.5. The van der Waals surface area contributed by atoms with E-state index in [0.29, 0.717) is 35.7 Å². The van der Waals surface area contributed by atoms with Gasteiger partial charge in [-0.05, 0) is 76.3 Å². The fourth-order valence-electron chi connectivity index (χ4n) is 6.05. The van der Waals surface area contributed by atoms with E-state index in [1.165, 1.54) is 6.42 Å². The van der Waals surface area contributed by atoms with Gasteiger partial charge in [-0.2, -0.15) is 0 Å². The number of anilines is 1. The third-order valence-electron chi connectivity index (χ3n) is 8.99. The number of aromatic nitrogens is 1. The molecule has 1 fully saturated rings. The van der Waals surface area contributed by atoms with Crippen LogP contribution in [0.15, 0.2) is 42.7 Å². The summed E-state index contributed by atoms with van der Waals surface area (Å²) in [7, 11) is 1.79. The van der Waals surface area contributed by atoms with E-state index < -0.39 is 6.04 Å². The molecule has 11 nitrogen and oxygen atoms in total. The summed E-state index contributed by atoms with van der Waals surface area (Å²) in [5, 5.41) is 16.3. The zero-order valence-corrected chi connectivity index (χ0v) is 27.7. The first kappa shape index (κ1) is 35.2. The summed E-state index contributed by atoms with van der Waals surface area (Å²) in [6.45, 7) is 6.73. The van der Waals surface area contributed by atoms with Gasteiger partial charge in [-0.1, -0.05) is 26.2 Å². The maximum absolute atomic E-state index is 14.3. The van der Waals surface area contributed by atoms with Gasteiger partial charge in [0.25, 0.3) is 11.8 Å². The van der Waals surface area contributed by atoms with E-state index >= 15 is 0 Å². The van der Waals surface area contributed by atoms with Crippen molar-refractivity contribution in [1.29, 1.82) is 0 Å². The zero-order chi connectivity index (χ0) is 33.1. The fraction of sp³-hybridized carbons (Fsp3) is 0.600. The standard InChI is InChI=1S/C35H51N5O6/c1-24-21-40(25(2)23-41)34(43)30-20-29(37-33(42)27-15-17-36-18-16-27)13-14-31(30)46-26(3)10-8-9-19-45-32(24)22-39(4)35(44)38-28-11-6-5-7-12-28/h13-18,20,24-26,28,32,41H,5-12,19,21-23H2,1-4H3,(H,37,42)(H,38,44)/t24-,25+,26+,32+/m0/s1. The van der Waals surface area contributed by atoms with Crippen molar-refractivity contribution in [3.8, 4) is 5.75 Å². The lowest BCUT2D eigenvalue weighted by Crippen LogP contribution is -2.50. The lowest BCUT2D eigenvalue weighted by molar-refractivity contribution is -0.0123. The van der Waals surface area contributed by atoms with Crippen molar-refractivity contribution in [1.82, 2.24) is 20.1 Å². The Morgan fingerprint density at radius 1 is 1.07 bits per heavy atom. The molecular formula is C35H51N5O6. The highest BCUT2D eigenvalue weighted by Gasteiger charge is 2.31. The van der Waals surface area contributed by atoms with Crippen molar-refractivity contribution in [3.05, 3.63) is 53.9 Å². The Balaban J connectivity index is 1.58. The average molecular weight is 638 g/mol. The van der Waals surface area contributed by atoms with Gasteiger partial charge in [0.05, 0.1) is 30.4 Å². The van der Waals surface area contributed by atoms with Gasteiger partial charge in [-0.3, -0.25) is 14.6 Å². The van der Waals surface area contributed by atoms with Crippen molar-refractivity contribution in [2.24, 2.45) is 5.92 Å². The molecule has 2 aromatic rings. The molecule has 252 valence electrons. The van der Waals surface area contributed by atoms with Crippen LogP contribution in [0.3, 0.4) is 0 Å². The van der Waals surface area contributed by atoms with E-state index in [-0.39, 0.29) is 55.2 Å². The minimum absolute atomic E-state index is 0.111. The Kier molecular flexibility index (Phi) is 13.2. The zero-order valence-electron chi connectivity index (χ0n) is 27.7. The number of aliphatic hydroxyl groups excluding tert-OH is 1. The van der Waals surface area contributed by atoms with E-state index in [4.69, 9.17) is 9.47 Å². The number of fused-ring (bicyclic) bond motifs is 1. The highest BCUT2D eigenvalue weighted by Crippen LogP contribution is 2.29. The number of rotatable bonds is 7. The number of aliphatic hydroxyl groups is 1. The SMILES string of the molecule is C[C@@H]1CCCCO[C@H](CN(C)C(=O)NC2CCCCC2)[C@@H](C)CN([C@H](C)CO)C(=O)c2cc(NC(=O)c3ccncc3)ccc2O1. The number of amides is 4. The maximum Gasteiger partial charge on any atom is 0.317 e. The highest BCUT2D eigenvalue weighted by atomic mass is 16.5. The third kappa shape index (κ3) is 9.90. The van der Waals surface area contributed by atoms with Gasteiger partial charge in [0.15, 0.2) is 0 Å². The van der Waals surface area contributed by atoms with E-state index in [0.717, 1.165) is 44.9 Å². The van der Waals surface area contributed by atoms with Crippen LogP contribution in [0, 0.1) is 5.92 Å². The van der Waals surface area contributed by atoms with Crippen molar-refractivity contribution in [2.75, 3.05) is 38.7 Å². The number of benzene rings is 1. The summed E-state index contributed by atoms with van der Waals surface area (Å²) < 4.78 is 12.7. The van der Waals surface area contributed by atoms with Gasteiger partial charge in [-0.25, -0.2) is 4.79 Å². The maximum atomic E-state index is 14.3. The molecule has 4 atom stereocenters. The summed E-state index contributed by atoms with van der Waals surface area (Å²) in [5.74, 6) is -0.388. The van der Waals surface area contributed by atoms with E-state index in [2.05, 4.69) is 15.6 Å². The molecule has 2 heterocycles. The lowest BCUT2D eigenvalue weighted by atomic mass is 9.96. The van der Waals surface area contributed by atoms with Crippen LogP contribution >= 0.6 is 0 Å². The number of carbonyl (C=O) groups excluding carboxylic acids is 3. The molecule has 0 saturated heterocycles. The molecule has 46 heavy (non-hydrogen) atoms. The van der Waals surface area contributed by atoms with Gasteiger partial charge < -0.3 is 35.0 Å². The number of nitrogens with zero attached hydrogens (tertiary/aromatic N) is 3. The number of hydrogen-bond acceptors (Lipinski definition) is 7. The van der Waals surface area contributed by atoms with Crippen LogP contribution in [0.25, 0.3) is 0 Å². The molecule has 1 aliphatic carbocycles. The summed E-state index contributed by atoms with van der Waals surface area (Å²) in [5.41, 5.74) is 1.19. The number of likely N-dealkylation sites (N-methyl/N-ethyl adjacent to an activating group) is 1. The summed E-state index contributed by atoms with van der Waals surface area (Å²) in [6.07, 6.45) is 10.6. The Morgan fingerprint density at radius 2 is 1.78 bits per heavy atom. The quantitative estimate of drug-likeness (QED) is 0.385. The first-order valence-electron chi connectivity index (χ1n) is 16.7. The number of hydrogen-bond donors (Lipinski definition) is 3. The second-order valence-corrected chi connectivity index (χ2v) is 12.9. The van der Waals surface area contributed by atoms with Crippen molar-refractivity contribution in [2.45, 2.75) is 96.4 Å². The first-order chi connectivity index (χ1) is 22.2. The summed E-state index contributed by atoms with van der Waals surface area (Å²) >= 11 is 0. The van der Waals surface area contributed by atoms with Gasteiger partial charge >= 0.3 is 6.03 Å². The Labute approximate surface area is 273 Å². The molecule has 0 spiro atoms. The predicted molar refractivity (Wildman–Crippen MR) is 177 cm³/mol. The van der Waals surface area contributed by atoms with Crippen LogP contribution in [-0.4, -0.2) is 95.4 Å². The molecule has 3 N–H and O–H groups in total. The van der Waals surface area contributed by atoms with Crippen LogP contribution in [-0.2, 0) is 4.74 Å². The Morgan fingerprint density at radius 3 is 2.50 bits per heavy atom. The Hall–Kier alpha value is -3.70. The predicted octanol–water partition coefficient (Wildman–Crippen LogP) is 5.10. The minimum Gasteiger partial charge on any atom is -0.490 e. The summed E-state index contributed by atoms with van der Waals surface area (Å²) in [6, 6.07) is 7.90. The molecule has 2 aliphatic rings. The summed E-state index contributed by atoms with van der Waals surface area (Å²) in [4.78, 5) is 47.6. The molecular weight excluding hydrogens is 586 g/mol. The monoisotopic (exact) mass is 637 g/mol. The van der Waals surface area contributed by atoms with Crippen LogP contribution in [0.1, 0.15) is 92.9 Å². The van der Waals surface area contributed by atoms with Crippen molar-refractivity contribution >= 4 is 23.5 Å². The largest absolute Gasteiger partial charge is 0.490 e. The smallest absolute Gasteiger partial charge is 0.317 e. The lowest BCUT2D eigenvalue weighted by Gasteiger charge is -2.36. The molecule has 1 saturated carbocycles. The molecule has 0 radical (unpaired) electrons. The molecule has 4 rings (SSSR count). The van der Waals surface area contributed by atoms with E-state index in [9.17, 15) is 19.5 Å². The highest BCUT2D eigenvalue weighted by molar-refractivity contribution is 6.05. The van der Waals surface area contributed by atoms with Gasteiger partial charge in [-0.15, -0.1) is 0 Å².